The predicted octanol–water partition coefficient (Wildman–Crippen LogP) is 6.06. The fourth-order valence-corrected chi connectivity index (χ4v) is 3.56. The number of aryl methyl sites for hydroxylation is 1. The lowest BCUT2D eigenvalue weighted by molar-refractivity contribution is -0.115. The summed E-state index contributed by atoms with van der Waals surface area (Å²) in [5.74, 6) is -0.0732. The molecule has 3 rings (SSSR count). The molecule has 0 atom stereocenters. The largest absolute Gasteiger partial charge is 0.331 e. The number of thiazole rings is 1. The third-order valence-corrected chi connectivity index (χ3v) is 5.07. The van der Waals surface area contributed by atoms with Crippen molar-refractivity contribution in [1.82, 2.24) is 4.98 Å². The molecule has 1 aromatic heterocycles. The number of anilines is 3. The van der Waals surface area contributed by atoms with Crippen LogP contribution in [0.3, 0.4) is 0 Å². The summed E-state index contributed by atoms with van der Waals surface area (Å²) < 4.78 is 0. The molecule has 6 heteroatoms. The minimum atomic E-state index is -0.0732. The molecule has 3 aromatic rings. The molecular formula is C21H22ClN3OS. The van der Waals surface area contributed by atoms with Gasteiger partial charge in [0.05, 0.1) is 12.1 Å². The van der Waals surface area contributed by atoms with Gasteiger partial charge in [-0.15, -0.1) is 11.3 Å². The van der Waals surface area contributed by atoms with E-state index < -0.39 is 0 Å². The number of carbonyl (C=O) groups is 1. The van der Waals surface area contributed by atoms with Gasteiger partial charge in [-0.2, -0.15) is 0 Å². The highest BCUT2D eigenvalue weighted by Crippen LogP contribution is 2.23. The van der Waals surface area contributed by atoms with E-state index in [0.717, 1.165) is 28.6 Å². The van der Waals surface area contributed by atoms with Gasteiger partial charge in [0.25, 0.3) is 0 Å². The van der Waals surface area contributed by atoms with Gasteiger partial charge in [0.2, 0.25) is 5.91 Å². The number of halogens is 1. The Bertz CT molecular complexity index is 892. The van der Waals surface area contributed by atoms with Crippen LogP contribution in [-0.2, 0) is 17.6 Å². The van der Waals surface area contributed by atoms with Gasteiger partial charge in [0.15, 0.2) is 5.13 Å². The normalized spacial score (nSPS) is 10.6. The van der Waals surface area contributed by atoms with Crippen molar-refractivity contribution in [1.29, 1.82) is 0 Å². The van der Waals surface area contributed by atoms with Crippen molar-refractivity contribution >= 4 is 45.4 Å². The Kier molecular flexibility index (Phi) is 6.85. The number of hydrogen-bond donors (Lipinski definition) is 2. The summed E-state index contributed by atoms with van der Waals surface area (Å²) in [6.07, 6.45) is 3.68. The van der Waals surface area contributed by atoms with Gasteiger partial charge >= 0.3 is 0 Å². The summed E-state index contributed by atoms with van der Waals surface area (Å²) in [6, 6.07) is 15.5. The Morgan fingerprint density at radius 3 is 2.70 bits per heavy atom. The smallest absolute Gasteiger partial charge is 0.230 e. The first-order valence-corrected chi connectivity index (χ1v) is 10.2. The van der Waals surface area contributed by atoms with Crippen LogP contribution in [0.1, 0.15) is 31.0 Å². The zero-order chi connectivity index (χ0) is 19.1. The minimum Gasteiger partial charge on any atom is -0.331 e. The van der Waals surface area contributed by atoms with Crippen molar-refractivity contribution < 1.29 is 4.79 Å². The van der Waals surface area contributed by atoms with E-state index in [1.807, 2.05) is 41.8 Å². The Morgan fingerprint density at radius 1 is 1.15 bits per heavy atom. The number of nitrogens with one attached hydrogen (secondary N) is 2. The molecule has 1 heterocycles. The molecule has 0 aliphatic heterocycles. The first-order valence-electron chi connectivity index (χ1n) is 8.98. The van der Waals surface area contributed by atoms with Gasteiger partial charge in [-0.25, -0.2) is 4.98 Å². The van der Waals surface area contributed by atoms with Gasteiger partial charge in [0.1, 0.15) is 0 Å². The molecule has 0 fully saturated rings. The van der Waals surface area contributed by atoms with E-state index in [4.69, 9.17) is 11.6 Å². The second-order valence-electron chi connectivity index (χ2n) is 6.30. The van der Waals surface area contributed by atoms with Gasteiger partial charge in [0, 0.05) is 21.8 Å². The fraction of sp³-hybridized carbons (Fsp3) is 0.238. The molecule has 27 heavy (non-hydrogen) atoms. The van der Waals surface area contributed by atoms with Crippen LogP contribution in [0, 0.1) is 0 Å². The Balaban J connectivity index is 1.53. The average molecular weight is 400 g/mol. The van der Waals surface area contributed by atoms with Crippen molar-refractivity contribution in [3.05, 3.63) is 70.2 Å². The van der Waals surface area contributed by atoms with E-state index in [1.165, 1.54) is 29.7 Å². The van der Waals surface area contributed by atoms with Crippen molar-refractivity contribution in [3.8, 4) is 0 Å². The number of benzene rings is 2. The molecule has 0 bridgehead atoms. The Morgan fingerprint density at radius 2 is 1.96 bits per heavy atom. The van der Waals surface area contributed by atoms with Gasteiger partial charge < -0.3 is 10.6 Å². The molecule has 4 nitrogen and oxygen atoms in total. The monoisotopic (exact) mass is 399 g/mol. The predicted molar refractivity (Wildman–Crippen MR) is 114 cm³/mol. The maximum atomic E-state index is 12.3. The molecule has 0 radical (unpaired) electrons. The van der Waals surface area contributed by atoms with Crippen molar-refractivity contribution in [3.63, 3.8) is 0 Å². The van der Waals surface area contributed by atoms with E-state index in [-0.39, 0.29) is 12.3 Å². The molecule has 2 aromatic carbocycles. The number of hydrogen-bond acceptors (Lipinski definition) is 4. The van der Waals surface area contributed by atoms with Crippen LogP contribution in [0.5, 0.6) is 0 Å². The zero-order valence-electron chi connectivity index (χ0n) is 15.2. The van der Waals surface area contributed by atoms with Gasteiger partial charge in [-0.05, 0) is 48.7 Å². The van der Waals surface area contributed by atoms with Crippen molar-refractivity contribution in [2.45, 2.75) is 32.6 Å². The van der Waals surface area contributed by atoms with Crippen LogP contribution in [0.15, 0.2) is 53.9 Å². The summed E-state index contributed by atoms with van der Waals surface area (Å²) in [4.78, 5) is 16.7. The number of rotatable bonds is 8. The summed E-state index contributed by atoms with van der Waals surface area (Å²) in [6.45, 7) is 2.18. The van der Waals surface area contributed by atoms with Crippen LogP contribution in [-0.4, -0.2) is 10.9 Å². The molecule has 0 saturated heterocycles. The minimum absolute atomic E-state index is 0.0732. The standard InChI is InChI=1S/C21H22ClN3OS/c1-2-3-5-15-8-10-17(11-9-15)23-20(26)13-19-14-27-21(25-19)24-18-7-4-6-16(22)12-18/h4,6-12,14H,2-3,5,13H2,1H3,(H,23,26)(H,24,25). The van der Waals surface area contributed by atoms with E-state index in [1.54, 1.807) is 0 Å². The topological polar surface area (TPSA) is 54.0 Å². The molecule has 140 valence electrons. The first-order chi connectivity index (χ1) is 13.1. The molecule has 0 aliphatic rings. The van der Waals surface area contributed by atoms with E-state index in [0.29, 0.717) is 5.02 Å². The number of amides is 1. The molecular weight excluding hydrogens is 378 g/mol. The van der Waals surface area contributed by atoms with E-state index >= 15 is 0 Å². The van der Waals surface area contributed by atoms with Crippen LogP contribution in [0.2, 0.25) is 5.02 Å². The van der Waals surface area contributed by atoms with Crippen molar-refractivity contribution in [2.24, 2.45) is 0 Å². The lowest BCUT2D eigenvalue weighted by atomic mass is 10.1. The first kappa shape index (κ1) is 19.4. The SMILES string of the molecule is CCCCc1ccc(NC(=O)Cc2csc(Nc3cccc(Cl)c3)n2)cc1. The summed E-state index contributed by atoms with van der Waals surface area (Å²) >= 11 is 7.45. The summed E-state index contributed by atoms with van der Waals surface area (Å²) in [5, 5.41) is 9.42. The number of nitrogens with zero attached hydrogens (tertiary/aromatic N) is 1. The summed E-state index contributed by atoms with van der Waals surface area (Å²) in [7, 11) is 0. The third-order valence-electron chi connectivity index (χ3n) is 4.03. The highest BCUT2D eigenvalue weighted by molar-refractivity contribution is 7.13. The molecule has 1 amide bonds. The van der Waals surface area contributed by atoms with Crippen LogP contribution < -0.4 is 10.6 Å². The number of unbranched alkanes of at least 4 members (excludes halogenated alkanes) is 1. The highest BCUT2D eigenvalue weighted by atomic mass is 35.5. The average Bonchev–Trinajstić information content (AvgIpc) is 3.07. The summed E-state index contributed by atoms with van der Waals surface area (Å²) in [5.41, 5.74) is 3.72. The second kappa shape index (κ2) is 9.53. The zero-order valence-corrected chi connectivity index (χ0v) is 16.7. The molecule has 0 spiro atoms. The molecule has 0 unspecified atom stereocenters. The highest BCUT2D eigenvalue weighted by Gasteiger charge is 2.09. The maximum Gasteiger partial charge on any atom is 0.230 e. The third kappa shape index (κ3) is 6.08. The second-order valence-corrected chi connectivity index (χ2v) is 7.60. The van der Waals surface area contributed by atoms with E-state index in [2.05, 4.69) is 34.7 Å². The Hall–Kier alpha value is -2.37. The van der Waals surface area contributed by atoms with Gasteiger partial charge in [-0.3, -0.25) is 4.79 Å². The lowest BCUT2D eigenvalue weighted by Gasteiger charge is -2.06. The maximum absolute atomic E-state index is 12.3. The van der Waals surface area contributed by atoms with Crippen LogP contribution in [0.25, 0.3) is 0 Å². The molecule has 0 aliphatic carbocycles. The molecule has 0 saturated carbocycles. The van der Waals surface area contributed by atoms with E-state index in [9.17, 15) is 4.79 Å². The van der Waals surface area contributed by atoms with Gasteiger partial charge in [-0.1, -0.05) is 43.1 Å². The van der Waals surface area contributed by atoms with Crippen LogP contribution >= 0.6 is 22.9 Å². The van der Waals surface area contributed by atoms with Crippen molar-refractivity contribution in [2.75, 3.05) is 10.6 Å². The number of aromatic nitrogens is 1. The van der Waals surface area contributed by atoms with Crippen LogP contribution in [0.4, 0.5) is 16.5 Å². The number of carbonyl (C=O) groups excluding carboxylic acids is 1. The molecule has 2 N–H and O–H groups in total. The Labute approximate surface area is 168 Å². The fourth-order valence-electron chi connectivity index (χ4n) is 2.64. The quantitative estimate of drug-likeness (QED) is 0.483. The lowest BCUT2D eigenvalue weighted by Crippen LogP contribution is -2.14.